The molecule has 0 spiro atoms. The molecule has 1 rings (SSSR count). The lowest BCUT2D eigenvalue weighted by Crippen LogP contribution is -2.37. The Morgan fingerprint density at radius 3 is 2.58 bits per heavy atom. The van der Waals surface area contributed by atoms with E-state index in [4.69, 9.17) is 10.5 Å². The summed E-state index contributed by atoms with van der Waals surface area (Å²) < 4.78 is 4.75. The fourth-order valence-corrected chi connectivity index (χ4v) is 1.30. The molecular formula is C12H15N3O4. The lowest BCUT2D eigenvalue weighted by Gasteiger charge is -2.13. The third kappa shape index (κ3) is 4.66. The van der Waals surface area contributed by atoms with Crippen LogP contribution < -0.4 is 16.0 Å². The Kier molecular flexibility index (Phi) is 4.87. The summed E-state index contributed by atoms with van der Waals surface area (Å²) in [4.78, 5) is 35.0. The quantitative estimate of drug-likeness (QED) is 0.752. The Morgan fingerprint density at radius 2 is 2.00 bits per heavy atom. The number of imide groups is 1. The number of anilines is 1. The van der Waals surface area contributed by atoms with Crippen LogP contribution in [0.2, 0.25) is 0 Å². The van der Waals surface area contributed by atoms with Crippen LogP contribution in [0, 0.1) is 0 Å². The normalized spacial score (nSPS) is 9.58. The number of nitrogens with one attached hydrogen (secondary N) is 1. The van der Waals surface area contributed by atoms with Crippen LogP contribution in [0.15, 0.2) is 24.3 Å². The molecule has 0 aliphatic carbocycles. The first kappa shape index (κ1) is 14.5. The molecule has 7 nitrogen and oxygen atoms in total. The highest BCUT2D eigenvalue weighted by atomic mass is 16.5. The second-order valence-corrected chi connectivity index (χ2v) is 3.93. The number of carbonyl (C=O) groups excluding carboxylic acids is 3. The fourth-order valence-electron chi connectivity index (χ4n) is 1.30. The predicted molar refractivity (Wildman–Crippen MR) is 68.8 cm³/mol. The second-order valence-electron chi connectivity index (χ2n) is 3.93. The largest absolute Gasteiger partial charge is 0.452 e. The standard InChI is InChI=1S/C12H15N3O4/c1-15(2)9-5-3-4-8(6-9)11(17)19-7-10(16)14-12(13)18/h3-6H,7H2,1-2H3,(H3,13,14,16,18). The SMILES string of the molecule is CN(C)c1cccc(C(=O)OCC(=O)NC(N)=O)c1. The number of nitrogens with two attached hydrogens (primary N) is 1. The molecule has 19 heavy (non-hydrogen) atoms. The van der Waals surface area contributed by atoms with E-state index in [0.29, 0.717) is 5.56 Å². The van der Waals surface area contributed by atoms with E-state index in [1.807, 2.05) is 25.1 Å². The molecule has 0 atom stereocenters. The highest BCUT2D eigenvalue weighted by Gasteiger charge is 2.11. The van der Waals surface area contributed by atoms with Crippen molar-refractivity contribution in [1.29, 1.82) is 0 Å². The molecule has 0 saturated heterocycles. The Labute approximate surface area is 110 Å². The van der Waals surface area contributed by atoms with Crippen molar-refractivity contribution in [1.82, 2.24) is 5.32 Å². The van der Waals surface area contributed by atoms with Crippen molar-refractivity contribution in [2.45, 2.75) is 0 Å². The van der Waals surface area contributed by atoms with Crippen LogP contribution in [0.4, 0.5) is 10.5 Å². The number of amides is 3. The first-order valence-electron chi connectivity index (χ1n) is 5.44. The minimum atomic E-state index is -0.990. The molecule has 7 heteroatoms. The molecule has 0 aliphatic heterocycles. The number of esters is 1. The Balaban J connectivity index is 2.61. The predicted octanol–water partition coefficient (Wildman–Crippen LogP) is 0.104. The summed E-state index contributed by atoms with van der Waals surface area (Å²) in [6.45, 7) is -0.562. The molecule has 1 aromatic carbocycles. The topological polar surface area (TPSA) is 102 Å². The number of benzene rings is 1. The minimum absolute atomic E-state index is 0.318. The number of hydrogen-bond acceptors (Lipinski definition) is 5. The zero-order chi connectivity index (χ0) is 14.4. The van der Waals surface area contributed by atoms with Crippen molar-refractivity contribution in [3.63, 3.8) is 0 Å². The lowest BCUT2D eigenvalue weighted by molar-refractivity contribution is -0.123. The molecular weight excluding hydrogens is 250 g/mol. The van der Waals surface area contributed by atoms with Gasteiger partial charge in [-0.25, -0.2) is 9.59 Å². The summed E-state index contributed by atoms with van der Waals surface area (Å²) in [7, 11) is 3.68. The first-order chi connectivity index (χ1) is 8.90. The number of primary amides is 1. The molecule has 1 aromatic rings. The van der Waals surface area contributed by atoms with Crippen molar-refractivity contribution < 1.29 is 19.1 Å². The average molecular weight is 265 g/mol. The number of carbonyl (C=O) groups is 3. The van der Waals surface area contributed by atoms with Crippen molar-refractivity contribution in [2.75, 3.05) is 25.6 Å². The van der Waals surface area contributed by atoms with E-state index in [1.54, 1.807) is 23.5 Å². The van der Waals surface area contributed by atoms with Crippen LogP contribution in [-0.4, -0.2) is 38.6 Å². The van der Waals surface area contributed by atoms with Crippen LogP contribution >= 0.6 is 0 Å². The van der Waals surface area contributed by atoms with Crippen LogP contribution in [-0.2, 0) is 9.53 Å². The van der Waals surface area contributed by atoms with Gasteiger partial charge in [0.05, 0.1) is 5.56 Å². The molecule has 3 amide bonds. The smallest absolute Gasteiger partial charge is 0.338 e. The van der Waals surface area contributed by atoms with Gasteiger partial charge in [0.15, 0.2) is 6.61 Å². The summed E-state index contributed by atoms with van der Waals surface area (Å²) in [5.74, 6) is -1.42. The van der Waals surface area contributed by atoms with Gasteiger partial charge in [-0.1, -0.05) is 6.07 Å². The van der Waals surface area contributed by atoms with Crippen LogP contribution in [0.5, 0.6) is 0 Å². The second kappa shape index (κ2) is 6.39. The van der Waals surface area contributed by atoms with Gasteiger partial charge in [-0.05, 0) is 18.2 Å². The van der Waals surface area contributed by atoms with Gasteiger partial charge in [-0.3, -0.25) is 10.1 Å². The lowest BCUT2D eigenvalue weighted by atomic mass is 10.2. The number of rotatable bonds is 4. The van der Waals surface area contributed by atoms with Crippen LogP contribution in [0.1, 0.15) is 10.4 Å². The number of ether oxygens (including phenoxy) is 1. The zero-order valence-corrected chi connectivity index (χ0v) is 10.7. The molecule has 0 bridgehead atoms. The van der Waals surface area contributed by atoms with E-state index < -0.39 is 24.5 Å². The summed E-state index contributed by atoms with van der Waals surface area (Å²) >= 11 is 0. The Morgan fingerprint density at radius 1 is 1.32 bits per heavy atom. The van der Waals surface area contributed by atoms with Gasteiger partial charge in [-0.15, -0.1) is 0 Å². The summed E-state index contributed by atoms with van der Waals surface area (Å²) in [5.41, 5.74) is 5.89. The van der Waals surface area contributed by atoms with Gasteiger partial charge in [0.2, 0.25) is 0 Å². The highest BCUT2D eigenvalue weighted by molar-refractivity contribution is 5.96. The molecule has 0 unspecified atom stereocenters. The Bertz CT molecular complexity index is 500. The molecule has 0 saturated carbocycles. The third-order valence-corrected chi connectivity index (χ3v) is 2.20. The summed E-state index contributed by atoms with van der Waals surface area (Å²) in [6.07, 6.45) is 0. The van der Waals surface area contributed by atoms with Crippen molar-refractivity contribution in [2.24, 2.45) is 5.73 Å². The van der Waals surface area contributed by atoms with Crippen LogP contribution in [0.3, 0.4) is 0 Å². The van der Waals surface area contributed by atoms with E-state index in [9.17, 15) is 14.4 Å². The summed E-state index contributed by atoms with van der Waals surface area (Å²) in [5, 5.41) is 1.79. The zero-order valence-electron chi connectivity index (χ0n) is 10.7. The number of nitrogens with zero attached hydrogens (tertiary/aromatic N) is 1. The maximum atomic E-state index is 11.7. The first-order valence-corrected chi connectivity index (χ1v) is 5.44. The van der Waals surface area contributed by atoms with Gasteiger partial charge in [-0.2, -0.15) is 0 Å². The van der Waals surface area contributed by atoms with Crippen molar-refractivity contribution in [3.8, 4) is 0 Å². The number of hydrogen-bond donors (Lipinski definition) is 2. The van der Waals surface area contributed by atoms with Gasteiger partial charge < -0.3 is 15.4 Å². The molecule has 0 radical (unpaired) electrons. The van der Waals surface area contributed by atoms with Gasteiger partial charge in [0.1, 0.15) is 0 Å². The van der Waals surface area contributed by atoms with Crippen molar-refractivity contribution >= 4 is 23.6 Å². The highest BCUT2D eigenvalue weighted by Crippen LogP contribution is 2.14. The molecule has 102 valence electrons. The molecule has 0 heterocycles. The summed E-state index contributed by atoms with van der Waals surface area (Å²) in [6, 6.07) is 5.75. The fraction of sp³-hybridized carbons (Fsp3) is 0.250. The van der Waals surface area contributed by atoms with E-state index in [0.717, 1.165) is 5.69 Å². The minimum Gasteiger partial charge on any atom is -0.452 e. The third-order valence-electron chi connectivity index (χ3n) is 2.20. The number of urea groups is 1. The monoisotopic (exact) mass is 265 g/mol. The maximum absolute atomic E-state index is 11.7. The van der Waals surface area contributed by atoms with Crippen molar-refractivity contribution in [3.05, 3.63) is 29.8 Å². The van der Waals surface area contributed by atoms with E-state index in [1.165, 1.54) is 0 Å². The molecule has 0 fully saturated rings. The molecule has 3 N–H and O–H groups in total. The molecule has 0 aromatic heterocycles. The molecule has 0 aliphatic rings. The van der Waals surface area contributed by atoms with Gasteiger partial charge in [0, 0.05) is 19.8 Å². The van der Waals surface area contributed by atoms with E-state index in [-0.39, 0.29) is 0 Å². The van der Waals surface area contributed by atoms with E-state index >= 15 is 0 Å². The Hall–Kier alpha value is -2.57. The van der Waals surface area contributed by atoms with Crippen LogP contribution in [0.25, 0.3) is 0 Å². The van der Waals surface area contributed by atoms with Gasteiger partial charge in [0.25, 0.3) is 5.91 Å². The average Bonchev–Trinajstić information content (AvgIpc) is 2.35. The maximum Gasteiger partial charge on any atom is 0.338 e. The van der Waals surface area contributed by atoms with Gasteiger partial charge >= 0.3 is 12.0 Å². The van der Waals surface area contributed by atoms with E-state index in [2.05, 4.69) is 0 Å².